The molecular formula is C11H14N4O. The van der Waals surface area contributed by atoms with E-state index in [2.05, 4.69) is 20.6 Å². The van der Waals surface area contributed by atoms with Gasteiger partial charge >= 0.3 is 0 Å². The molecule has 0 spiro atoms. The first kappa shape index (κ1) is 10.5. The maximum atomic E-state index is 5.23. The van der Waals surface area contributed by atoms with E-state index in [1.807, 2.05) is 18.2 Å². The van der Waals surface area contributed by atoms with Crippen molar-refractivity contribution in [1.82, 2.24) is 9.97 Å². The summed E-state index contributed by atoms with van der Waals surface area (Å²) in [6.07, 6.45) is 4.24. The molecule has 16 heavy (non-hydrogen) atoms. The van der Waals surface area contributed by atoms with Gasteiger partial charge in [0.15, 0.2) is 0 Å². The Morgan fingerprint density at radius 2 is 2.31 bits per heavy atom. The second kappa shape index (κ2) is 5.16. The summed E-state index contributed by atoms with van der Waals surface area (Å²) >= 11 is 0. The largest absolute Gasteiger partial charge is 0.469 e. The summed E-state index contributed by atoms with van der Waals surface area (Å²) in [5.74, 6) is 2.39. The second-order valence-electron chi connectivity index (χ2n) is 3.27. The van der Waals surface area contributed by atoms with Gasteiger partial charge in [-0.3, -0.25) is 0 Å². The predicted molar refractivity (Wildman–Crippen MR) is 62.5 cm³/mol. The lowest BCUT2D eigenvalue weighted by molar-refractivity contribution is 0.513. The van der Waals surface area contributed by atoms with E-state index >= 15 is 0 Å². The molecule has 0 aliphatic carbocycles. The highest BCUT2D eigenvalue weighted by molar-refractivity contribution is 5.39. The van der Waals surface area contributed by atoms with Crippen molar-refractivity contribution in [1.29, 1.82) is 0 Å². The van der Waals surface area contributed by atoms with Crippen LogP contribution in [0.2, 0.25) is 0 Å². The van der Waals surface area contributed by atoms with Crippen molar-refractivity contribution < 1.29 is 4.42 Å². The molecule has 84 valence electrons. The van der Waals surface area contributed by atoms with Crippen LogP contribution in [0.15, 0.2) is 35.1 Å². The van der Waals surface area contributed by atoms with E-state index in [9.17, 15) is 0 Å². The molecule has 5 nitrogen and oxygen atoms in total. The molecule has 2 aromatic heterocycles. The van der Waals surface area contributed by atoms with Crippen molar-refractivity contribution >= 4 is 11.8 Å². The van der Waals surface area contributed by atoms with E-state index in [1.165, 1.54) is 0 Å². The number of anilines is 2. The highest BCUT2D eigenvalue weighted by Gasteiger charge is 1.98. The number of hydrogen-bond acceptors (Lipinski definition) is 5. The van der Waals surface area contributed by atoms with Crippen molar-refractivity contribution in [3.8, 4) is 0 Å². The van der Waals surface area contributed by atoms with Crippen molar-refractivity contribution in [3.63, 3.8) is 0 Å². The minimum Gasteiger partial charge on any atom is -0.469 e. The summed E-state index contributed by atoms with van der Waals surface area (Å²) in [7, 11) is 1.79. The Bertz CT molecular complexity index is 427. The average molecular weight is 218 g/mol. The lowest BCUT2D eigenvalue weighted by Gasteiger charge is -2.05. The maximum Gasteiger partial charge on any atom is 0.224 e. The van der Waals surface area contributed by atoms with Gasteiger partial charge in [0.25, 0.3) is 0 Å². The Balaban J connectivity index is 1.85. The van der Waals surface area contributed by atoms with Crippen LogP contribution in [0.1, 0.15) is 5.76 Å². The number of furan rings is 1. The Morgan fingerprint density at radius 3 is 3.06 bits per heavy atom. The molecule has 0 amide bonds. The van der Waals surface area contributed by atoms with E-state index in [0.717, 1.165) is 24.5 Å². The monoisotopic (exact) mass is 218 g/mol. The molecule has 2 rings (SSSR count). The fourth-order valence-electron chi connectivity index (χ4n) is 1.35. The van der Waals surface area contributed by atoms with Gasteiger partial charge in [-0.1, -0.05) is 0 Å². The van der Waals surface area contributed by atoms with Crippen LogP contribution in [0.5, 0.6) is 0 Å². The third kappa shape index (κ3) is 2.73. The summed E-state index contributed by atoms with van der Waals surface area (Å²) in [5.41, 5.74) is 0. The van der Waals surface area contributed by atoms with Crippen molar-refractivity contribution in [2.24, 2.45) is 0 Å². The Labute approximate surface area is 93.9 Å². The van der Waals surface area contributed by atoms with Crippen molar-refractivity contribution in [2.45, 2.75) is 6.42 Å². The summed E-state index contributed by atoms with van der Waals surface area (Å²) in [4.78, 5) is 8.28. The molecule has 0 atom stereocenters. The molecule has 0 radical (unpaired) electrons. The van der Waals surface area contributed by atoms with Crippen LogP contribution >= 0.6 is 0 Å². The topological polar surface area (TPSA) is 63.0 Å². The van der Waals surface area contributed by atoms with Gasteiger partial charge in [0.1, 0.15) is 11.6 Å². The molecule has 0 unspecified atom stereocenters. The predicted octanol–water partition coefficient (Wildman–Crippen LogP) is 1.77. The normalized spacial score (nSPS) is 10.1. The standard InChI is InChI=1S/C11H14N4O/c1-12-11-14-7-5-10(15-11)13-6-4-9-3-2-8-16-9/h2-3,5,7-8H,4,6H2,1H3,(H2,12,13,14,15). The Hall–Kier alpha value is -2.04. The number of aromatic nitrogens is 2. The minimum absolute atomic E-state index is 0.614. The molecular weight excluding hydrogens is 204 g/mol. The number of nitrogens with one attached hydrogen (secondary N) is 2. The van der Waals surface area contributed by atoms with Crippen LogP contribution in [0, 0.1) is 0 Å². The molecule has 0 saturated heterocycles. The molecule has 5 heteroatoms. The van der Waals surface area contributed by atoms with Gasteiger partial charge in [-0.05, 0) is 18.2 Å². The SMILES string of the molecule is CNc1nccc(NCCc2ccco2)n1. The molecule has 2 aromatic rings. The zero-order chi connectivity index (χ0) is 11.2. The summed E-state index contributed by atoms with van der Waals surface area (Å²) in [6, 6.07) is 5.68. The molecule has 0 saturated carbocycles. The number of rotatable bonds is 5. The van der Waals surface area contributed by atoms with Gasteiger partial charge < -0.3 is 15.1 Å². The van der Waals surface area contributed by atoms with Crippen LogP contribution in [0.4, 0.5) is 11.8 Å². The summed E-state index contributed by atoms with van der Waals surface area (Å²) in [5, 5.41) is 6.10. The van der Waals surface area contributed by atoms with E-state index in [4.69, 9.17) is 4.42 Å². The zero-order valence-electron chi connectivity index (χ0n) is 9.10. The van der Waals surface area contributed by atoms with Gasteiger partial charge in [-0.25, -0.2) is 4.98 Å². The minimum atomic E-state index is 0.614. The highest BCUT2D eigenvalue weighted by Crippen LogP contribution is 2.06. The summed E-state index contributed by atoms with van der Waals surface area (Å²) < 4.78 is 5.23. The zero-order valence-corrected chi connectivity index (χ0v) is 9.10. The number of hydrogen-bond donors (Lipinski definition) is 2. The molecule has 2 N–H and O–H groups in total. The average Bonchev–Trinajstić information content (AvgIpc) is 2.82. The van der Waals surface area contributed by atoms with E-state index in [1.54, 1.807) is 19.5 Å². The van der Waals surface area contributed by atoms with Gasteiger partial charge in [0, 0.05) is 26.2 Å². The molecule has 0 aliphatic rings. The van der Waals surface area contributed by atoms with Crippen molar-refractivity contribution in [3.05, 3.63) is 36.4 Å². The smallest absolute Gasteiger partial charge is 0.224 e. The number of nitrogens with zero attached hydrogens (tertiary/aromatic N) is 2. The molecule has 2 heterocycles. The maximum absolute atomic E-state index is 5.23. The summed E-state index contributed by atoms with van der Waals surface area (Å²) in [6.45, 7) is 0.785. The fraction of sp³-hybridized carbons (Fsp3) is 0.273. The molecule has 0 fully saturated rings. The first-order valence-corrected chi connectivity index (χ1v) is 5.15. The fourth-order valence-corrected chi connectivity index (χ4v) is 1.35. The molecule has 0 aromatic carbocycles. The first-order valence-electron chi connectivity index (χ1n) is 5.15. The third-order valence-electron chi connectivity index (χ3n) is 2.14. The Kier molecular flexibility index (Phi) is 3.38. The van der Waals surface area contributed by atoms with Crippen LogP contribution in [-0.4, -0.2) is 23.6 Å². The van der Waals surface area contributed by atoms with E-state index < -0.39 is 0 Å². The first-order chi connectivity index (χ1) is 7.88. The van der Waals surface area contributed by atoms with E-state index in [0.29, 0.717) is 5.95 Å². The van der Waals surface area contributed by atoms with Crippen LogP contribution in [0.25, 0.3) is 0 Å². The van der Waals surface area contributed by atoms with Crippen molar-refractivity contribution in [2.75, 3.05) is 24.2 Å². The van der Waals surface area contributed by atoms with Gasteiger partial charge in [0.2, 0.25) is 5.95 Å². The highest BCUT2D eigenvalue weighted by atomic mass is 16.3. The van der Waals surface area contributed by atoms with Gasteiger partial charge in [-0.2, -0.15) is 4.98 Å². The van der Waals surface area contributed by atoms with Gasteiger partial charge in [-0.15, -0.1) is 0 Å². The molecule has 0 bridgehead atoms. The molecule has 0 aliphatic heterocycles. The second-order valence-corrected chi connectivity index (χ2v) is 3.27. The lowest BCUT2D eigenvalue weighted by Crippen LogP contribution is -2.07. The Morgan fingerprint density at radius 1 is 1.38 bits per heavy atom. The van der Waals surface area contributed by atoms with Crippen LogP contribution in [0.3, 0.4) is 0 Å². The third-order valence-corrected chi connectivity index (χ3v) is 2.14. The lowest BCUT2D eigenvalue weighted by atomic mass is 10.3. The van der Waals surface area contributed by atoms with E-state index in [-0.39, 0.29) is 0 Å². The van der Waals surface area contributed by atoms with Crippen LogP contribution in [-0.2, 0) is 6.42 Å². The quantitative estimate of drug-likeness (QED) is 0.800. The van der Waals surface area contributed by atoms with Gasteiger partial charge in [0.05, 0.1) is 6.26 Å². The van der Waals surface area contributed by atoms with Crippen LogP contribution < -0.4 is 10.6 Å².